The first-order valence-electron chi connectivity index (χ1n) is 13.7. The Morgan fingerprint density at radius 3 is 1.03 bits per heavy atom. The molecule has 13 heteroatoms. The molecule has 39 heavy (non-hydrogen) atoms. The maximum absolute atomic E-state index is 11.4. The van der Waals surface area contributed by atoms with Crippen LogP contribution in [0, 0.1) is 0 Å². The summed E-state index contributed by atoms with van der Waals surface area (Å²) in [6.07, 6.45) is 1.25. The zero-order valence-corrected chi connectivity index (χ0v) is 23.6. The van der Waals surface area contributed by atoms with E-state index in [4.69, 9.17) is 52.5 Å². The molecule has 0 aliphatic carbocycles. The molecular weight excluding hydrogens is 520 g/mol. The van der Waals surface area contributed by atoms with Gasteiger partial charge in [-0.25, -0.2) is 0 Å². The highest BCUT2D eigenvalue weighted by molar-refractivity contribution is 5.69. The summed E-state index contributed by atoms with van der Waals surface area (Å²) in [5.41, 5.74) is 0. The van der Waals surface area contributed by atoms with Crippen LogP contribution in [0.3, 0.4) is 0 Å². The smallest absolute Gasteiger partial charge is 0.305 e. The minimum absolute atomic E-state index is 0.0634. The second-order valence-electron chi connectivity index (χ2n) is 7.92. The molecule has 0 spiro atoms. The summed E-state index contributed by atoms with van der Waals surface area (Å²) < 4.78 is 53.3. The van der Waals surface area contributed by atoms with Crippen LogP contribution in [0.4, 0.5) is 0 Å². The maximum atomic E-state index is 11.4. The highest BCUT2D eigenvalue weighted by Crippen LogP contribution is 2.01. The van der Waals surface area contributed by atoms with E-state index < -0.39 is 5.97 Å². The van der Waals surface area contributed by atoms with E-state index >= 15 is 0 Å². The van der Waals surface area contributed by atoms with Crippen molar-refractivity contribution in [2.45, 2.75) is 32.6 Å². The van der Waals surface area contributed by atoms with Crippen molar-refractivity contribution in [3.05, 3.63) is 0 Å². The fourth-order valence-corrected chi connectivity index (χ4v) is 2.74. The van der Waals surface area contributed by atoms with Gasteiger partial charge in [0.2, 0.25) is 0 Å². The number of carbonyl (C=O) groups is 2. The van der Waals surface area contributed by atoms with Crippen molar-refractivity contribution >= 4 is 11.9 Å². The van der Waals surface area contributed by atoms with Crippen LogP contribution in [0.2, 0.25) is 0 Å². The summed E-state index contributed by atoms with van der Waals surface area (Å²) in [6, 6.07) is 0. The first-order chi connectivity index (χ1) is 19.2. The molecule has 0 bridgehead atoms. The van der Waals surface area contributed by atoms with Crippen LogP contribution >= 0.6 is 0 Å². The van der Waals surface area contributed by atoms with E-state index in [1.165, 1.54) is 0 Å². The highest BCUT2D eigenvalue weighted by Gasteiger charge is 2.04. The average molecular weight is 571 g/mol. The summed E-state index contributed by atoms with van der Waals surface area (Å²) >= 11 is 0. The van der Waals surface area contributed by atoms with Gasteiger partial charge in [-0.05, 0) is 19.8 Å². The van der Waals surface area contributed by atoms with Crippen LogP contribution in [0.15, 0.2) is 0 Å². The number of hydrogen-bond acceptors (Lipinski definition) is 12. The summed E-state index contributed by atoms with van der Waals surface area (Å²) in [4.78, 5) is 21.8. The van der Waals surface area contributed by atoms with Crippen LogP contribution in [0.1, 0.15) is 32.6 Å². The van der Waals surface area contributed by atoms with Gasteiger partial charge < -0.3 is 52.5 Å². The standard InChI is InChI=1S/C26H50O13/c1-2-30-7-8-31-9-10-32-11-12-33-13-14-34-15-16-35-17-18-36-19-20-37-21-22-38-23-24-39-26(29)6-4-3-5-25(27)28/h2-24H2,1H3,(H,27,28). The van der Waals surface area contributed by atoms with E-state index in [1.54, 1.807) is 0 Å². The van der Waals surface area contributed by atoms with Crippen molar-refractivity contribution in [2.24, 2.45) is 0 Å². The number of unbranched alkanes of at least 4 members (excludes halogenated alkanes) is 1. The lowest BCUT2D eigenvalue weighted by atomic mass is 10.2. The SMILES string of the molecule is CCOCCOCCOCCOCCOCCOCCOCCOCCOCCOC(=O)CCCCC(=O)O. The Labute approximate surface area is 232 Å². The minimum Gasteiger partial charge on any atom is -0.481 e. The first-order valence-corrected chi connectivity index (χ1v) is 13.7. The van der Waals surface area contributed by atoms with Gasteiger partial charge in [-0.3, -0.25) is 9.59 Å². The quantitative estimate of drug-likeness (QED) is 0.0895. The number of carboxylic acids is 1. The van der Waals surface area contributed by atoms with Gasteiger partial charge in [-0.2, -0.15) is 0 Å². The number of aliphatic carboxylic acids is 1. The number of rotatable bonds is 33. The molecule has 1 N–H and O–H groups in total. The van der Waals surface area contributed by atoms with Gasteiger partial charge in [0.1, 0.15) is 6.61 Å². The molecule has 13 nitrogen and oxygen atoms in total. The highest BCUT2D eigenvalue weighted by atomic mass is 16.6. The van der Waals surface area contributed by atoms with Crippen molar-refractivity contribution in [3.63, 3.8) is 0 Å². The normalized spacial score (nSPS) is 11.2. The number of ether oxygens (including phenoxy) is 10. The Morgan fingerprint density at radius 2 is 0.718 bits per heavy atom. The van der Waals surface area contributed by atoms with Gasteiger partial charge in [0.25, 0.3) is 0 Å². The molecule has 0 radical (unpaired) electrons. The number of hydrogen-bond donors (Lipinski definition) is 1. The van der Waals surface area contributed by atoms with Gasteiger partial charge in [0, 0.05) is 19.4 Å². The zero-order chi connectivity index (χ0) is 28.5. The maximum Gasteiger partial charge on any atom is 0.305 e. The monoisotopic (exact) mass is 570 g/mol. The zero-order valence-electron chi connectivity index (χ0n) is 23.6. The van der Waals surface area contributed by atoms with Crippen LogP contribution in [-0.2, 0) is 57.0 Å². The van der Waals surface area contributed by atoms with Crippen molar-refractivity contribution in [2.75, 3.05) is 126 Å². The predicted octanol–water partition coefficient (Wildman–Crippen LogP) is 1.34. The predicted molar refractivity (Wildman–Crippen MR) is 140 cm³/mol. The lowest BCUT2D eigenvalue weighted by Gasteiger charge is -2.09. The molecule has 0 amide bonds. The lowest BCUT2D eigenvalue weighted by molar-refractivity contribution is -0.146. The van der Waals surface area contributed by atoms with Gasteiger partial charge in [-0.15, -0.1) is 0 Å². The Kier molecular flexibility index (Phi) is 31.6. The summed E-state index contributed by atoms with van der Waals surface area (Å²) in [7, 11) is 0. The van der Waals surface area contributed by atoms with E-state index in [0.717, 1.165) is 0 Å². The van der Waals surface area contributed by atoms with Gasteiger partial charge in [0.15, 0.2) is 0 Å². The molecule has 0 heterocycles. The van der Waals surface area contributed by atoms with Crippen LogP contribution < -0.4 is 0 Å². The molecule has 0 unspecified atom stereocenters. The van der Waals surface area contributed by atoms with Crippen molar-refractivity contribution in [1.82, 2.24) is 0 Å². The van der Waals surface area contributed by atoms with E-state index in [9.17, 15) is 9.59 Å². The van der Waals surface area contributed by atoms with E-state index in [1.807, 2.05) is 6.92 Å². The van der Waals surface area contributed by atoms with Crippen LogP contribution in [0.5, 0.6) is 0 Å². The van der Waals surface area contributed by atoms with Gasteiger partial charge >= 0.3 is 11.9 Å². The second kappa shape index (κ2) is 32.8. The number of esters is 1. The second-order valence-corrected chi connectivity index (χ2v) is 7.92. The molecule has 0 saturated heterocycles. The third-order valence-corrected chi connectivity index (χ3v) is 4.69. The van der Waals surface area contributed by atoms with Crippen molar-refractivity contribution < 1.29 is 62.1 Å². The first kappa shape index (κ1) is 37.6. The van der Waals surface area contributed by atoms with Gasteiger partial charge in [0.05, 0.1) is 112 Å². The largest absolute Gasteiger partial charge is 0.481 e. The van der Waals surface area contributed by atoms with E-state index in [2.05, 4.69) is 0 Å². The molecule has 0 rings (SSSR count). The fraction of sp³-hybridized carbons (Fsp3) is 0.923. The Balaban J connectivity index is 3.09. The fourth-order valence-electron chi connectivity index (χ4n) is 2.74. The molecule has 232 valence electrons. The Bertz CT molecular complexity index is 522. The summed E-state index contributed by atoms with van der Waals surface area (Å²) in [5, 5.41) is 8.53. The van der Waals surface area contributed by atoms with E-state index in [0.29, 0.717) is 125 Å². The molecular formula is C26H50O13. The molecule has 0 fully saturated rings. The van der Waals surface area contributed by atoms with Crippen LogP contribution in [0.25, 0.3) is 0 Å². The molecule has 0 atom stereocenters. The summed E-state index contributed by atoms with van der Waals surface area (Å²) in [6.45, 7) is 11.1. The third kappa shape index (κ3) is 34.6. The third-order valence-electron chi connectivity index (χ3n) is 4.69. The number of carbonyl (C=O) groups excluding carboxylic acids is 1. The van der Waals surface area contributed by atoms with E-state index in [-0.39, 0.29) is 32.0 Å². The molecule has 0 aromatic carbocycles. The molecule has 0 aliphatic rings. The Morgan fingerprint density at radius 1 is 0.436 bits per heavy atom. The average Bonchev–Trinajstić information content (AvgIpc) is 2.92. The summed E-state index contributed by atoms with van der Waals surface area (Å²) in [5.74, 6) is -1.20. The van der Waals surface area contributed by atoms with Gasteiger partial charge in [-0.1, -0.05) is 0 Å². The molecule has 0 aliphatic heterocycles. The lowest BCUT2D eigenvalue weighted by Crippen LogP contribution is -2.15. The number of carboxylic acid groups (broad SMARTS) is 1. The molecule has 0 aromatic heterocycles. The Hall–Kier alpha value is -1.42. The van der Waals surface area contributed by atoms with Crippen molar-refractivity contribution in [3.8, 4) is 0 Å². The topological polar surface area (TPSA) is 147 Å². The van der Waals surface area contributed by atoms with Crippen molar-refractivity contribution in [1.29, 1.82) is 0 Å². The van der Waals surface area contributed by atoms with Crippen LogP contribution in [-0.4, -0.2) is 143 Å². The minimum atomic E-state index is -0.861. The molecule has 0 aromatic rings. The molecule has 0 saturated carbocycles.